The van der Waals surface area contributed by atoms with Gasteiger partial charge in [-0.15, -0.1) is 0 Å². The van der Waals surface area contributed by atoms with Crippen LogP contribution in [0.5, 0.6) is 0 Å². The molecule has 0 amide bonds. The molecule has 1 aromatic rings. The Morgan fingerprint density at radius 1 is 1.50 bits per heavy atom. The molecule has 1 rings (SSSR count). The lowest BCUT2D eigenvalue weighted by Gasteiger charge is -1.70. The van der Waals surface area contributed by atoms with E-state index < -0.39 is 10.9 Å². The molecule has 0 bridgehead atoms. The highest BCUT2D eigenvalue weighted by Crippen LogP contribution is 2.23. The zero-order chi connectivity index (χ0) is 6.15. The van der Waals surface area contributed by atoms with E-state index in [-0.39, 0.29) is 0 Å². The van der Waals surface area contributed by atoms with Gasteiger partial charge in [-0.1, -0.05) is 11.3 Å². The van der Waals surface area contributed by atoms with Crippen molar-refractivity contribution in [3.63, 3.8) is 0 Å². The van der Waals surface area contributed by atoms with Crippen LogP contribution < -0.4 is 0 Å². The van der Waals surface area contributed by atoms with Crippen LogP contribution in [-0.2, 0) is 0 Å². The van der Waals surface area contributed by atoms with Crippen LogP contribution in [0.2, 0.25) is 0 Å². The molecular weight excluding hydrogens is 198 g/mol. The summed E-state index contributed by atoms with van der Waals surface area (Å²) in [5.41, 5.74) is 0. The van der Waals surface area contributed by atoms with Crippen LogP contribution in [-0.4, -0.2) is 0 Å². The van der Waals surface area contributed by atoms with Crippen LogP contribution in [0.3, 0.4) is 0 Å². The van der Waals surface area contributed by atoms with Gasteiger partial charge in [0.25, 0.3) is 0 Å². The summed E-state index contributed by atoms with van der Waals surface area (Å²) in [6.45, 7) is 0. The van der Waals surface area contributed by atoms with Crippen molar-refractivity contribution in [2.75, 3.05) is 0 Å². The first-order valence-electron chi connectivity index (χ1n) is 1.80. The van der Waals surface area contributed by atoms with E-state index in [0.717, 1.165) is 17.4 Å². The van der Waals surface area contributed by atoms with Crippen LogP contribution >= 0.6 is 27.3 Å². The molecule has 0 saturated carbocycles. The predicted octanol–water partition coefficient (Wildman–Crippen LogP) is 2.79. The minimum Gasteiger partial charge on any atom is -0.203 e. The second-order valence-corrected chi connectivity index (χ2v) is 3.55. The van der Waals surface area contributed by atoms with Crippen molar-refractivity contribution in [2.24, 2.45) is 0 Å². The standard InChI is InChI=1S/C4HBrF2S/c5-3-1-2(6)4(7)8-3/h1H. The van der Waals surface area contributed by atoms with Gasteiger partial charge in [0.2, 0.25) is 5.13 Å². The lowest BCUT2D eigenvalue weighted by molar-refractivity contribution is 0.530. The Balaban J connectivity index is 3.14. The fourth-order valence-electron chi connectivity index (χ4n) is 0.320. The summed E-state index contributed by atoms with van der Waals surface area (Å²) < 4.78 is 24.4. The number of thiophene rings is 1. The molecule has 0 saturated heterocycles. The third-order valence-electron chi connectivity index (χ3n) is 0.615. The Labute approximate surface area is 57.3 Å². The van der Waals surface area contributed by atoms with Crippen molar-refractivity contribution in [3.8, 4) is 0 Å². The Kier molecular flexibility index (Phi) is 1.62. The summed E-state index contributed by atoms with van der Waals surface area (Å²) in [6.07, 6.45) is 0. The van der Waals surface area contributed by atoms with Crippen molar-refractivity contribution in [3.05, 3.63) is 20.8 Å². The highest BCUT2D eigenvalue weighted by molar-refractivity contribution is 9.11. The van der Waals surface area contributed by atoms with Gasteiger partial charge in [0.05, 0.1) is 3.79 Å². The lowest BCUT2D eigenvalue weighted by Crippen LogP contribution is -1.64. The van der Waals surface area contributed by atoms with Crippen LogP contribution in [0, 0.1) is 10.9 Å². The average Bonchev–Trinajstić information content (AvgIpc) is 1.85. The smallest absolute Gasteiger partial charge is 0.203 e. The van der Waals surface area contributed by atoms with E-state index in [4.69, 9.17) is 0 Å². The summed E-state index contributed by atoms with van der Waals surface area (Å²) in [7, 11) is 0. The predicted molar refractivity (Wildman–Crippen MR) is 31.9 cm³/mol. The molecule has 0 aromatic carbocycles. The van der Waals surface area contributed by atoms with Gasteiger partial charge in [-0.25, -0.2) is 4.39 Å². The maximum absolute atomic E-state index is 12.0. The van der Waals surface area contributed by atoms with Gasteiger partial charge in [-0.3, -0.25) is 0 Å². The molecule has 0 N–H and O–H groups in total. The molecule has 0 radical (unpaired) electrons. The third-order valence-corrected chi connectivity index (χ3v) is 2.02. The van der Waals surface area contributed by atoms with Gasteiger partial charge in [-0.05, 0) is 15.9 Å². The van der Waals surface area contributed by atoms with Gasteiger partial charge in [0.15, 0.2) is 5.82 Å². The van der Waals surface area contributed by atoms with Gasteiger partial charge < -0.3 is 0 Å². The maximum Gasteiger partial charge on any atom is 0.213 e. The largest absolute Gasteiger partial charge is 0.213 e. The quantitative estimate of drug-likeness (QED) is 0.602. The molecule has 1 aromatic heterocycles. The topological polar surface area (TPSA) is 0 Å². The van der Waals surface area contributed by atoms with Crippen LogP contribution in [0.15, 0.2) is 9.85 Å². The molecule has 8 heavy (non-hydrogen) atoms. The molecule has 0 spiro atoms. The first-order chi connectivity index (χ1) is 3.70. The van der Waals surface area contributed by atoms with Crippen LogP contribution in [0.25, 0.3) is 0 Å². The first-order valence-corrected chi connectivity index (χ1v) is 3.41. The number of hydrogen-bond donors (Lipinski definition) is 0. The Morgan fingerprint density at radius 3 is 2.25 bits per heavy atom. The van der Waals surface area contributed by atoms with E-state index in [1.54, 1.807) is 0 Å². The van der Waals surface area contributed by atoms with Gasteiger partial charge in [-0.2, -0.15) is 4.39 Å². The maximum atomic E-state index is 12.0. The molecule has 0 nitrogen and oxygen atoms in total. The minimum absolute atomic E-state index is 0.479. The Bertz CT molecular complexity index is 176. The second kappa shape index (κ2) is 2.11. The molecule has 44 valence electrons. The molecule has 0 aliphatic rings. The molecule has 0 unspecified atom stereocenters. The zero-order valence-electron chi connectivity index (χ0n) is 3.62. The number of halogens is 3. The SMILES string of the molecule is Fc1cc(Br)sc1F. The Morgan fingerprint density at radius 2 is 2.12 bits per heavy atom. The van der Waals surface area contributed by atoms with Crippen molar-refractivity contribution < 1.29 is 8.78 Å². The monoisotopic (exact) mass is 198 g/mol. The van der Waals surface area contributed by atoms with Gasteiger partial charge in [0, 0.05) is 6.07 Å². The van der Waals surface area contributed by atoms with Gasteiger partial charge in [0.1, 0.15) is 0 Å². The highest BCUT2D eigenvalue weighted by atomic mass is 79.9. The molecule has 0 aliphatic heterocycles. The summed E-state index contributed by atoms with van der Waals surface area (Å²) in [5.74, 6) is -0.790. The third kappa shape index (κ3) is 1.06. The normalized spacial score (nSPS) is 9.88. The van der Waals surface area contributed by atoms with E-state index in [1.807, 2.05) is 0 Å². The van der Waals surface area contributed by atoms with Crippen molar-refractivity contribution in [2.45, 2.75) is 0 Å². The van der Waals surface area contributed by atoms with E-state index in [0.29, 0.717) is 3.79 Å². The molecular formula is C4HBrF2S. The highest BCUT2D eigenvalue weighted by Gasteiger charge is 2.03. The van der Waals surface area contributed by atoms with E-state index in [9.17, 15) is 8.78 Å². The molecule has 0 fully saturated rings. The molecule has 1 heterocycles. The van der Waals surface area contributed by atoms with E-state index in [2.05, 4.69) is 15.9 Å². The fourth-order valence-corrected chi connectivity index (χ4v) is 1.44. The summed E-state index contributed by atoms with van der Waals surface area (Å²) in [5, 5.41) is -0.767. The van der Waals surface area contributed by atoms with Crippen LogP contribution in [0.1, 0.15) is 0 Å². The van der Waals surface area contributed by atoms with Crippen LogP contribution in [0.4, 0.5) is 8.78 Å². The number of hydrogen-bond acceptors (Lipinski definition) is 1. The van der Waals surface area contributed by atoms with Crippen molar-refractivity contribution >= 4 is 27.3 Å². The van der Waals surface area contributed by atoms with E-state index in [1.165, 1.54) is 0 Å². The minimum atomic E-state index is -0.790. The summed E-state index contributed by atoms with van der Waals surface area (Å²) in [6, 6.07) is 1.10. The van der Waals surface area contributed by atoms with Crippen molar-refractivity contribution in [1.82, 2.24) is 0 Å². The molecule has 4 heteroatoms. The van der Waals surface area contributed by atoms with E-state index >= 15 is 0 Å². The second-order valence-electron chi connectivity index (χ2n) is 1.17. The number of rotatable bonds is 0. The Hall–Kier alpha value is 0.0400. The molecule has 0 atom stereocenters. The molecule has 0 aliphatic carbocycles. The zero-order valence-corrected chi connectivity index (χ0v) is 6.02. The first kappa shape index (κ1) is 6.16. The summed E-state index contributed by atoms with van der Waals surface area (Å²) in [4.78, 5) is 0. The lowest BCUT2D eigenvalue weighted by atomic mass is 10.6. The van der Waals surface area contributed by atoms with Crippen molar-refractivity contribution in [1.29, 1.82) is 0 Å². The fraction of sp³-hybridized carbons (Fsp3) is 0. The average molecular weight is 199 g/mol. The van der Waals surface area contributed by atoms with Gasteiger partial charge >= 0.3 is 0 Å². The summed E-state index contributed by atoms with van der Waals surface area (Å²) >= 11 is 3.67.